The molecule has 59 heavy (non-hydrogen) atoms. The number of hydrogen-bond acceptors (Lipinski definition) is 13. The van der Waals surface area contributed by atoms with E-state index < -0.39 is 108 Å². The molecule has 0 unspecified atom stereocenters. The van der Waals surface area contributed by atoms with Gasteiger partial charge >= 0.3 is 11.9 Å². The van der Waals surface area contributed by atoms with Gasteiger partial charge in [-0.1, -0.05) is 0 Å². The second-order valence-corrected chi connectivity index (χ2v) is 13.8. The van der Waals surface area contributed by atoms with Gasteiger partial charge in [-0.05, 0) is 50.5 Å². The Balaban J connectivity index is 6.42. The molecule has 0 aromatic rings. The van der Waals surface area contributed by atoms with E-state index in [0.717, 1.165) is 6.92 Å². The molecule has 332 valence electrons. The van der Waals surface area contributed by atoms with Gasteiger partial charge in [0.25, 0.3) is 0 Å². The van der Waals surface area contributed by atoms with Crippen LogP contribution in [0.2, 0.25) is 0 Å². The van der Waals surface area contributed by atoms with Gasteiger partial charge in [-0.15, -0.1) is 0 Å². The van der Waals surface area contributed by atoms with Crippen LogP contribution in [0.4, 0.5) is 0 Å². The van der Waals surface area contributed by atoms with Crippen molar-refractivity contribution in [3.8, 4) is 0 Å². The van der Waals surface area contributed by atoms with Gasteiger partial charge < -0.3 is 76.5 Å². The number of nitrogens with two attached hydrogens (primary N) is 6. The normalized spacial score (nSPS) is 13.6. The van der Waals surface area contributed by atoms with E-state index in [0.29, 0.717) is 0 Å². The first-order valence-corrected chi connectivity index (χ1v) is 19.4. The van der Waals surface area contributed by atoms with Crippen LogP contribution in [-0.4, -0.2) is 143 Å². The van der Waals surface area contributed by atoms with Gasteiger partial charge in [0, 0.05) is 26.4 Å². The van der Waals surface area contributed by atoms with Gasteiger partial charge in [-0.25, -0.2) is 0 Å². The molecule has 0 rings (SSSR count). The van der Waals surface area contributed by atoms with Crippen LogP contribution in [-0.2, 0) is 47.9 Å². The molecule has 0 bridgehead atoms. The summed E-state index contributed by atoms with van der Waals surface area (Å²) in [6, 6.07) is -9.34. The van der Waals surface area contributed by atoms with Crippen molar-refractivity contribution in [2.45, 2.75) is 101 Å². The first-order valence-electron chi connectivity index (χ1n) is 18.0. The van der Waals surface area contributed by atoms with Gasteiger partial charge in [0.2, 0.25) is 47.3 Å². The van der Waals surface area contributed by atoms with Crippen molar-refractivity contribution in [3.05, 3.63) is 0 Å². The minimum absolute atomic E-state index is 0.00164. The van der Waals surface area contributed by atoms with Crippen molar-refractivity contribution < 1.29 is 58.2 Å². The van der Waals surface area contributed by atoms with E-state index in [-0.39, 0.29) is 75.7 Å². The zero-order valence-corrected chi connectivity index (χ0v) is 33.5. The van der Waals surface area contributed by atoms with Gasteiger partial charge in [-0.2, -0.15) is 11.8 Å². The van der Waals surface area contributed by atoms with E-state index in [1.807, 2.05) is 0 Å². The average molecular weight is 861 g/mol. The summed E-state index contributed by atoms with van der Waals surface area (Å²) < 4.78 is 0. The lowest BCUT2D eigenvalue weighted by Crippen LogP contribution is -2.60. The molecular weight excluding hydrogens is 805 g/mol. The van der Waals surface area contributed by atoms with Crippen molar-refractivity contribution in [1.29, 1.82) is 0 Å². The molecule has 6 atom stereocenters. The van der Waals surface area contributed by atoms with Gasteiger partial charge in [0.05, 0.1) is 12.8 Å². The lowest BCUT2D eigenvalue weighted by molar-refractivity contribution is -0.142. The maximum Gasteiger partial charge on any atom is 0.305 e. The Kier molecular flexibility index (Phi) is 25.0. The van der Waals surface area contributed by atoms with E-state index in [2.05, 4.69) is 41.9 Å². The molecule has 26 nitrogen and oxygen atoms in total. The monoisotopic (exact) mass is 860 g/mol. The summed E-state index contributed by atoms with van der Waals surface area (Å²) in [5.74, 6) is -11.2. The number of carbonyl (C=O) groups is 10. The fourth-order valence-electron chi connectivity index (χ4n) is 5.00. The van der Waals surface area contributed by atoms with Gasteiger partial charge in [0.1, 0.15) is 36.3 Å². The highest BCUT2D eigenvalue weighted by atomic mass is 32.2. The summed E-state index contributed by atoms with van der Waals surface area (Å²) in [7, 11) is 0. The molecule has 20 N–H and O–H groups in total. The fraction of sp³-hybridized carbons (Fsp3) is 0.625. The number of nitrogens with zero attached hydrogens (tertiary/aromatic N) is 2. The largest absolute Gasteiger partial charge is 0.481 e. The Bertz CT molecular complexity index is 1570. The van der Waals surface area contributed by atoms with Crippen LogP contribution in [0.1, 0.15) is 64.7 Å². The molecule has 0 radical (unpaired) electrons. The van der Waals surface area contributed by atoms with Crippen LogP contribution in [0, 0.1) is 0 Å². The third-order valence-electron chi connectivity index (χ3n) is 7.82. The number of carboxylic acid groups (broad SMARTS) is 2. The van der Waals surface area contributed by atoms with Crippen LogP contribution in [0.5, 0.6) is 0 Å². The molecule has 0 fully saturated rings. The second kappa shape index (κ2) is 28.1. The molecule has 0 aromatic heterocycles. The molecule has 0 saturated carbocycles. The number of hydrogen-bond donors (Lipinski definition) is 14. The molecule has 27 heteroatoms. The third-order valence-corrected chi connectivity index (χ3v) is 8.47. The summed E-state index contributed by atoms with van der Waals surface area (Å²) in [4.78, 5) is 133. The molecule has 0 heterocycles. The zero-order chi connectivity index (χ0) is 45.2. The molecule has 0 aliphatic rings. The molecule has 0 aliphatic heterocycles. The van der Waals surface area contributed by atoms with Crippen molar-refractivity contribution in [3.63, 3.8) is 0 Å². The quantitative estimate of drug-likeness (QED) is 0.0181. The second-order valence-electron chi connectivity index (χ2n) is 12.8. The number of primary amides is 2. The first-order chi connectivity index (χ1) is 27.6. The van der Waals surface area contributed by atoms with E-state index in [9.17, 15) is 58.2 Å². The highest BCUT2D eigenvalue weighted by Gasteiger charge is 2.34. The number of carboxylic acids is 2. The fourth-order valence-corrected chi connectivity index (χ4v) is 5.47. The van der Waals surface area contributed by atoms with Crippen molar-refractivity contribution >= 4 is 82.9 Å². The van der Waals surface area contributed by atoms with Crippen LogP contribution in [0.25, 0.3) is 0 Å². The Morgan fingerprint density at radius 3 is 1.22 bits per heavy atom. The van der Waals surface area contributed by atoms with Crippen LogP contribution in [0.3, 0.4) is 0 Å². The zero-order valence-electron chi connectivity index (χ0n) is 32.7. The van der Waals surface area contributed by atoms with Gasteiger partial charge in [-0.3, -0.25) is 57.9 Å². The molecule has 0 saturated heterocycles. The number of guanidine groups is 2. The Morgan fingerprint density at radius 2 is 0.881 bits per heavy atom. The molecule has 0 aliphatic carbocycles. The Labute approximate surface area is 343 Å². The molecule has 0 aromatic carbocycles. The summed E-state index contributed by atoms with van der Waals surface area (Å²) in [6.07, 6.45) is -1.01. The number of nitrogens with one attached hydrogen (secondary N) is 6. The highest BCUT2D eigenvalue weighted by molar-refractivity contribution is 7.98. The van der Waals surface area contributed by atoms with Crippen LogP contribution < -0.4 is 66.3 Å². The third kappa shape index (κ3) is 24.1. The number of aliphatic imine (C=N–C) groups is 2. The minimum atomic E-state index is -1.87. The van der Waals surface area contributed by atoms with E-state index in [1.54, 1.807) is 6.26 Å². The standard InChI is InChI=1S/C32H56N14O12S/c1-15(47)41-17(5-3-10-39-31(35)36)26(54)43-18(6-4-11-40-32(37)38)27(55)45-21(14-24(51)52)30(58)44-19(9-12-59-2)28(56)46-20(13-23(49)50)29(57)42-16(25(34)53)7-8-22(33)48/h16-21H,3-14H2,1-2H3,(H2,33,48)(H2,34,53)(H,41,47)(H,42,57)(H,43,54)(H,44,58)(H,45,55)(H,46,56)(H,49,50)(H,51,52)(H4,35,36,39)(H4,37,38,40)/t16-,17-,18-,19+,20-,21-/m0/s1. The maximum atomic E-state index is 13.7. The van der Waals surface area contributed by atoms with Crippen LogP contribution in [0.15, 0.2) is 9.98 Å². The van der Waals surface area contributed by atoms with Crippen LogP contribution >= 0.6 is 11.8 Å². The molecular formula is C32H56N14O12S. The number of rotatable bonds is 30. The maximum absolute atomic E-state index is 13.7. The van der Waals surface area contributed by atoms with Crippen molar-refractivity contribution in [2.24, 2.45) is 44.4 Å². The first kappa shape index (κ1) is 52.6. The summed E-state index contributed by atoms with van der Waals surface area (Å²) in [6.45, 7) is 1.27. The minimum Gasteiger partial charge on any atom is -0.481 e. The number of aliphatic carboxylic acids is 2. The van der Waals surface area contributed by atoms with Crippen molar-refractivity contribution in [2.75, 3.05) is 25.1 Å². The molecule has 8 amide bonds. The van der Waals surface area contributed by atoms with E-state index in [4.69, 9.17) is 34.4 Å². The predicted molar refractivity (Wildman–Crippen MR) is 212 cm³/mol. The average Bonchev–Trinajstić information content (AvgIpc) is 3.12. The smallest absolute Gasteiger partial charge is 0.305 e. The summed E-state index contributed by atoms with van der Waals surface area (Å²) in [5, 5.41) is 32.9. The number of carbonyl (C=O) groups excluding carboxylic acids is 8. The van der Waals surface area contributed by atoms with Crippen molar-refractivity contribution in [1.82, 2.24) is 31.9 Å². The molecule has 0 spiro atoms. The Morgan fingerprint density at radius 1 is 0.525 bits per heavy atom. The SMILES string of the molecule is CSCC[C@@H](NC(=O)[C@H](CC(=O)O)NC(=O)[C@H](CCCN=C(N)N)NC(=O)[C@H](CCCN=C(N)N)NC(C)=O)C(=O)N[C@@H](CC(=O)O)C(=O)N[C@@H](CCC(N)=O)C(N)=O. The van der Waals surface area contributed by atoms with Gasteiger partial charge in [0.15, 0.2) is 11.9 Å². The Hall–Kier alpha value is -6.41. The number of amides is 8. The summed E-state index contributed by atoms with van der Waals surface area (Å²) in [5.41, 5.74) is 31.8. The lowest BCUT2D eigenvalue weighted by Gasteiger charge is -2.27. The van der Waals surface area contributed by atoms with E-state index >= 15 is 0 Å². The topological polar surface area (TPSA) is 464 Å². The summed E-state index contributed by atoms with van der Waals surface area (Å²) >= 11 is 1.23. The predicted octanol–water partition coefficient (Wildman–Crippen LogP) is -6.52. The van der Waals surface area contributed by atoms with E-state index in [1.165, 1.54) is 11.8 Å². The number of thioether (sulfide) groups is 1. The lowest BCUT2D eigenvalue weighted by atomic mass is 10.1. The highest BCUT2D eigenvalue weighted by Crippen LogP contribution is 2.08.